The summed E-state index contributed by atoms with van der Waals surface area (Å²) in [6, 6.07) is 41.4. The Morgan fingerprint density at radius 1 is 0.407 bits per heavy atom. The van der Waals surface area contributed by atoms with Gasteiger partial charge in [-0.3, -0.25) is 20.0 Å². The zero-order valence-electron chi connectivity index (χ0n) is 34.8. The van der Waals surface area contributed by atoms with Gasteiger partial charge in [0.05, 0.1) is 16.5 Å². The summed E-state index contributed by atoms with van der Waals surface area (Å²) < 4.78 is 0.00373. The van der Waals surface area contributed by atoms with Crippen LogP contribution in [0.1, 0.15) is 88.8 Å². The van der Waals surface area contributed by atoms with Crippen LogP contribution < -0.4 is 0 Å². The van der Waals surface area contributed by atoms with Gasteiger partial charge in [0, 0.05) is 56.5 Å². The molecule has 6 heteroatoms. The lowest BCUT2D eigenvalue weighted by molar-refractivity contribution is 0.426. The monoisotopic (exact) mass is 802 g/mol. The molecule has 5 aromatic carbocycles. The molecule has 0 saturated carbocycles. The lowest BCUT2D eigenvalue weighted by atomic mass is 9.69. The van der Waals surface area contributed by atoms with E-state index in [9.17, 15) is 0 Å². The second kappa shape index (κ2) is 12.4. The normalized spacial score (nSPS) is 19.3. The van der Waals surface area contributed by atoms with Crippen LogP contribution in [0.4, 0.5) is 0 Å². The molecule has 4 nitrogen and oxygen atoms in total. The molecule has 0 saturated heterocycles. The molecule has 0 unspecified atom stereocenters. The minimum Gasteiger partial charge on any atom is -0.270 e. The van der Waals surface area contributed by atoms with Crippen LogP contribution >= 0.6 is 23.5 Å². The quantitative estimate of drug-likeness (QED) is 0.178. The van der Waals surface area contributed by atoms with Gasteiger partial charge in [-0.1, -0.05) is 108 Å². The Morgan fingerprint density at radius 3 is 1.42 bits per heavy atom. The lowest BCUT2D eigenvalue weighted by Crippen LogP contribution is -2.36. The molecular weight excluding hydrogens is 757 g/mol. The first-order valence-corrected chi connectivity index (χ1v) is 22.2. The Labute approximate surface area is 355 Å². The molecule has 7 aromatic rings. The topological polar surface area (TPSA) is 50.5 Å². The maximum atomic E-state index is 5.19. The molecule has 0 amide bonds. The molecule has 2 aliphatic heterocycles. The Balaban J connectivity index is 1.09. The molecule has 1 spiro atoms. The van der Waals surface area contributed by atoms with Gasteiger partial charge in [0.1, 0.15) is 10.1 Å². The van der Waals surface area contributed by atoms with Crippen LogP contribution in [0.15, 0.2) is 144 Å². The number of thioether (sulfide) groups is 2. The molecule has 2 aliphatic carbocycles. The fourth-order valence-electron chi connectivity index (χ4n) is 9.57. The van der Waals surface area contributed by atoms with Crippen molar-refractivity contribution in [3.8, 4) is 44.5 Å². The molecule has 59 heavy (non-hydrogen) atoms. The highest BCUT2D eigenvalue weighted by Crippen LogP contribution is 2.64. The lowest BCUT2D eigenvalue weighted by Gasteiger charge is -2.31. The van der Waals surface area contributed by atoms with E-state index >= 15 is 0 Å². The van der Waals surface area contributed by atoms with E-state index < -0.39 is 5.41 Å². The minimum absolute atomic E-state index is 0.00338. The largest absolute Gasteiger partial charge is 0.270 e. The van der Waals surface area contributed by atoms with Crippen molar-refractivity contribution in [2.24, 2.45) is 9.98 Å². The van der Waals surface area contributed by atoms with E-state index in [1.165, 1.54) is 55.3 Å². The fraction of sp³-hybridized carbons (Fsp3) is 0.245. The predicted octanol–water partition coefficient (Wildman–Crippen LogP) is 13.4. The summed E-state index contributed by atoms with van der Waals surface area (Å²) in [5.74, 6) is 0. The van der Waals surface area contributed by atoms with Crippen molar-refractivity contribution in [2.45, 2.75) is 81.4 Å². The summed E-state index contributed by atoms with van der Waals surface area (Å²) in [5.41, 5.74) is 16.3. The standard InChI is InChI=1S/C53H46N4S2/c1-49(2)51(5,6)58-47(56-49)36-24-34(27-54-29-36)31-17-20-38-33(23-31)19-22-42-41-21-18-32(35-25-37(30-55-28-35)48-57-50(3,4)52(7,8)59-48)26-45(41)53(46(38)42)43-15-11-9-13-39(43)40-14-10-12-16-44(40)53/h9-30H,1-8H3. The van der Waals surface area contributed by atoms with Crippen molar-refractivity contribution in [1.29, 1.82) is 0 Å². The molecule has 0 atom stereocenters. The summed E-state index contributed by atoms with van der Waals surface area (Å²) >= 11 is 3.70. The second-order valence-corrected chi connectivity index (χ2v) is 21.8. The summed E-state index contributed by atoms with van der Waals surface area (Å²) in [6.45, 7) is 18.0. The molecule has 0 bridgehead atoms. The molecule has 4 heterocycles. The van der Waals surface area contributed by atoms with Crippen LogP contribution in [0.25, 0.3) is 55.3 Å². The van der Waals surface area contributed by atoms with E-state index in [4.69, 9.17) is 20.0 Å². The first-order chi connectivity index (χ1) is 28.2. The summed E-state index contributed by atoms with van der Waals surface area (Å²) in [5, 5.41) is 4.61. The van der Waals surface area contributed by atoms with Crippen LogP contribution in [-0.2, 0) is 5.41 Å². The van der Waals surface area contributed by atoms with E-state index in [-0.39, 0.29) is 20.6 Å². The third kappa shape index (κ3) is 5.18. The van der Waals surface area contributed by atoms with Crippen molar-refractivity contribution in [2.75, 3.05) is 0 Å². The fourth-order valence-corrected chi connectivity index (χ4v) is 12.1. The minimum atomic E-state index is -0.502. The molecule has 4 aliphatic rings. The van der Waals surface area contributed by atoms with Crippen molar-refractivity contribution in [3.05, 3.63) is 167 Å². The van der Waals surface area contributed by atoms with Gasteiger partial charge in [-0.05, 0) is 146 Å². The number of benzene rings is 5. The number of fused-ring (bicyclic) bond motifs is 12. The maximum Gasteiger partial charge on any atom is 0.101 e. The van der Waals surface area contributed by atoms with Gasteiger partial charge in [-0.2, -0.15) is 0 Å². The Hall–Kier alpha value is -5.30. The third-order valence-electron chi connectivity index (χ3n) is 14.1. The number of nitrogens with zero attached hydrogens (tertiary/aromatic N) is 4. The van der Waals surface area contributed by atoms with Crippen LogP contribution in [0.5, 0.6) is 0 Å². The maximum absolute atomic E-state index is 5.19. The molecule has 0 radical (unpaired) electrons. The molecule has 11 rings (SSSR count). The molecule has 0 N–H and O–H groups in total. The van der Waals surface area contributed by atoms with Gasteiger partial charge in [0.2, 0.25) is 0 Å². The molecule has 0 fully saturated rings. The van der Waals surface area contributed by atoms with Gasteiger partial charge < -0.3 is 0 Å². The summed E-state index contributed by atoms with van der Waals surface area (Å²) in [7, 11) is 0. The zero-order valence-corrected chi connectivity index (χ0v) is 36.4. The van der Waals surface area contributed by atoms with Crippen molar-refractivity contribution in [3.63, 3.8) is 0 Å². The average Bonchev–Trinajstić information content (AvgIpc) is 3.85. The molecule has 2 aromatic heterocycles. The highest BCUT2D eigenvalue weighted by molar-refractivity contribution is 8.16. The highest BCUT2D eigenvalue weighted by Gasteiger charge is 2.53. The Morgan fingerprint density at radius 2 is 0.881 bits per heavy atom. The number of hydrogen-bond donors (Lipinski definition) is 0. The van der Waals surface area contributed by atoms with Gasteiger partial charge in [-0.25, -0.2) is 0 Å². The second-order valence-electron chi connectivity index (χ2n) is 18.6. The van der Waals surface area contributed by atoms with Crippen LogP contribution in [0.2, 0.25) is 0 Å². The number of pyridine rings is 2. The number of hydrogen-bond acceptors (Lipinski definition) is 6. The van der Waals surface area contributed by atoms with Gasteiger partial charge in [0.15, 0.2) is 0 Å². The zero-order chi connectivity index (χ0) is 40.7. The van der Waals surface area contributed by atoms with Gasteiger partial charge >= 0.3 is 0 Å². The van der Waals surface area contributed by atoms with Crippen molar-refractivity contribution in [1.82, 2.24) is 9.97 Å². The Bertz CT molecular complexity index is 2980. The number of aliphatic imine (C=N–C) groups is 2. The number of aromatic nitrogens is 2. The smallest absolute Gasteiger partial charge is 0.101 e. The van der Waals surface area contributed by atoms with Gasteiger partial charge in [-0.15, -0.1) is 0 Å². The van der Waals surface area contributed by atoms with Crippen LogP contribution in [-0.4, -0.2) is 40.6 Å². The molecular formula is C53H46N4S2. The third-order valence-corrected chi connectivity index (χ3v) is 17.2. The van der Waals surface area contributed by atoms with Crippen LogP contribution in [0, 0.1) is 0 Å². The molecule has 290 valence electrons. The predicted molar refractivity (Wildman–Crippen MR) is 251 cm³/mol. The first kappa shape index (κ1) is 36.8. The van der Waals surface area contributed by atoms with E-state index in [0.717, 1.165) is 43.5 Å². The van der Waals surface area contributed by atoms with Crippen molar-refractivity contribution < 1.29 is 0 Å². The van der Waals surface area contributed by atoms with Crippen molar-refractivity contribution >= 4 is 44.4 Å². The summed E-state index contributed by atoms with van der Waals surface area (Å²) in [6.07, 6.45) is 7.92. The average molecular weight is 803 g/mol. The first-order valence-electron chi connectivity index (χ1n) is 20.6. The Kier molecular flexibility index (Phi) is 7.71. The number of rotatable bonds is 4. The van der Waals surface area contributed by atoms with E-state index in [0.29, 0.717) is 0 Å². The van der Waals surface area contributed by atoms with Gasteiger partial charge in [0.25, 0.3) is 0 Å². The van der Waals surface area contributed by atoms with E-state index in [1.807, 2.05) is 48.3 Å². The SMILES string of the molecule is CC1(C)N=C(c2cncc(-c3ccc4c(c3)C3(c5ccccc5-c5ccccc53)c3c-4ccc4cc(-c5cncc(C6=NC(C)(C)C(C)(C)S6)c5)ccc34)c2)SC1(C)C. The summed E-state index contributed by atoms with van der Waals surface area (Å²) in [4.78, 5) is 19.9. The van der Waals surface area contributed by atoms with E-state index in [1.54, 1.807) is 0 Å². The highest BCUT2D eigenvalue weighted by atomic mass is 32.2. The van der Waals surface area contributed by atoms with E-state index in [2.05, 4.69) is 165 Å². The van der Waals surface area contributed by atoms with Crippen LogP contribution in [0.3, 0.4) is 0 Å².